The average molecular weight is 402 g/mol. The van der Waals surface area contributed by atoms with Crippen molar-refractivity contribution in [2.45, 2.75) is 0 Å². The van der Waals surface area contributed by atoms with Crippen molar-refractivity contribution in [1.29, 1.82) is 0 Å². The highest BCUT2D eigenvalue weighted by Gasteiger charge is 2.14. The number of amides is 1. The lowest BCUT2D eigenvalue weighted by atomic mass is 10.1. The Morgan fingerprint density at radius 1 is 1.13 bits per heavy atom. The van der Waals surface area contributed by atoms with Gasteiger partial charge in [0.05, 0.1) is 12.6 Å². The van der Waals surface area contributed by atoms with Gasteiger partial charge in [-0.05, 0) is 54.6 Å². The molecule has 0 atom stereocenters. The molecular weight excluding hydrogens is 384 g/mol. The van der Waals surface area contributed by atoms with Crippen LogP contribution in [0, 0.1) is 5.21 Å². The number of methoxy groups -OCH3 is 1. The topological polar surface area (TPSA) is 102 Å². The molecule has 0 aliphatic heterocycles. The molecule has 0 radical (unpaired) electrons. The number of ether oxygens (including phenoxy) is 1. The van der Waals surface area contributed by atoms with E-state index in [1.54, 1.807) is 67.8 Å². The fourth-order valence-electron chi connectivity index (χ4n) is 3.04. The van der Waals surface area contributed by atoms with Crippen molar-refractivity contribution in [1.82, 2.24) is 9.71 Å². The molecule has 30 heavy (non-hydrogen) atoms. The van der Waals surface area contributed by atoms with Crippen LogP contribution in [0.1, 0.15) is 10.4 Å². The molecule has 0 saturated heterocycles. The SMILES string of the molecule is C=[N+]([O-])c1ccc2nc(-c3ccc(NC(=O)c4ccc(OC)cc4)cc3)n(O)c2c1. The Labute approximate surface area is 171 Å². The van der Waals surface area contributed by atoms with Crippen LogP contribution < -0.4 is 10.1 Å². The van der Waals surface area contributed by atoms with E-state index in [0.717, 1.165) is 4.73 Å². The molecule has 1 aromatic heterocycles. The van der Waals surface area contributed by atoms with Crippen molar-refractivity contribution in [3.05, 3.63) is 77.5 Å². The second kappa shape index (κ2) is 7.59. The standard InChI is InChI=1S/C22H18N4O4/c1-25(28)17-9-12-19-20(13-17)26(29)21(24-19)14-3-7-16(8-4-14)23-22(27)15-5-10-18(30-2)11-6-15/h3-13,29H,1H2,2H3,(H,23,27). The number of benzene rings is 3. The predicted octanol–water partition coefficient (Wildman–Crippen LogP) is 4.04. The fourth-order valence-corrected chi connectivity index (χ4v) is 3.04. The molecule has 3 aromatic carbocycles. The molecule has 4 rings (SSSR count). The molecule has 1 amide bonds. The van der Waals surface area contributed by atoms with E-state index < -0.39 is 0 Å². The van der Waals surface area contributed by atoms with Crippen LogP contribution in [0.2, 0.25) is 0 Å². The van der Waals surface area contributed by atoms with Gasteiger partial charge in [-0.25, -0.2) is 4.98 Å². The quantitative estimate of drug-likeness (QED) is 0.172. The van der Waals surface area contributed by atoms with Gasteiger partial charge >= 0.3 is 0 Å². The summed E-state index contributed by atoms with van der Waals surface area (Å²) < 4.78 is 6.48. The zero-order valence-electron chi connectivity index (χ0n) is 16.1. The molecule has 1 heterocycles. The molecular formula is C22H18N4O4. The van der Waals surface area contributed by atoms with Gasteiger partial charge in [0.1, 0.15) is 18.0 Å². The molecule has 0 saturated carbocycles. The number of nitrogens with one attached hydrogen (secondary N) is 1. The molecule has 0 aliphatic carbocycles. The van der Waals surface area contributed by atoms with Crippen molar-refractivity contribution in [2.75, 3.05) is 12.4 Å². The van der Waals surface area contributed by atoms with E-state index in [9.17, 15) is 15.2 Å². The minimum absolute atomic E-state index is 0.248. The van der Waals surface area contributed by atoms with Gasteiger partial charge in [0, 0.05) is 28.9 Å². The molecule has 0 bridgehead atoms. The highest BCUT2D eigenvalue weighted by atomic mass is 16.5. The van der Waals surface area contributed by atoms with Crippen LogP contribution in [0.5, 0.6) is 5.75 Å². The summed E-state index contributed by atoms with van der Waals surface area (Å²) in [7, 11) is 1.57. The van der Waals surface area contributed by atoms with E-state index in [1.807, 2.05) is 0 Å². The first-order valence-electron chi connectivity index (χ1n) is 9.01. The third-order valence-electron chi connectivity index (χ3n) is 4.66. The van der Waals surface area contributed by atoms with E-state index in [0.29, 0.717) is 49.8 Å². The van der Waals surface area contributed by atoms with Gasteiger partial charge in [0.15, 0.2) is 5.82 Å². The highest BCUT2D eigenvalue weighted by Crippen LogP contribution is 2.27. The zero-order chi connectivity index (χ0) is 21.3. The van der Waals surface area contributed by atoms with Gasteiger partial charge < -0.3 is 20.5 Å². The van der Waals surface area contributed by atoms with Crippen LogP contribution in [-0.2, 0) is 0 Å². The average Bonchev–Trinajstić information content (AvgIpc) is 3.10. The Kier molecular flexibility index (Phi) is 4.81. The summed E-state index contributed by atoms with van der Waals surface area (Å²) in [6.45, 7) is 3.30. The normalized spacial score (nSPS) is 10.7. The first-order chi connectivity index (χ1) is 14.5. The van der Waals surface area contributed by atoms with Crippen LogP contribution in [0.25, 0.3) is 22.4 Å². The second-order valence-corrected chi connectivity index (χ2v) is 6.56. The lowest BCUT2D eigenvalue weighted by Crippen LogP contribution is -2.11. The van der Waals surface area contributed by atoms with Crippen molar-refractivity contribution in [3.63, 3.8) is 0 Å². The van der Waals surface area contributed by atoms with Gasteiger partial charge in [-0.15, -0.1) is 0 Å². The molecule has 0 aliphatic rings. The van der Waals surface area contributed by atoms with Crippen molar-refractivity contribution in [2.24, 2.45) is 0 Å². The molecule has 0 fully saturated rings. The van der Waals surface area contributed by atoms with Crippen LogP contribution in [0.4, 0.5) is 11.4 Å². The molecule has 0 unspecified atom stereocenters. The summed E-state index contributed by atoms with van der Waals surface area (Å²) in [6.07, 6.45) is 0. The summed E-state index contributed by atoms with van der Waals surface area (Å²) in [6, 6.07) is 18.4. The summed E-state index contributed by atoms with van der Waals surface area (Å²) in [5, 5.41) is 24.7. The number of aromatic nitrogens is 2. The number of nitrogens with zero attached hydrogens (tertiary/aromatic N) is 3. The summed E-state index contributed by atoms with van der Waals surface area (Å²) in [5.41, 5.74) is 2.98. The number of imidazole rings is 1. The van der Waals surface area contributed by atoms with E-state index in [2.05, 4.69) is 17.0 Å². The monoisotopic (exact) mass is 402 g/mol. The fraction of sp³-hybridized carbons (Fsp3) is 0.0455. The lowest BCUT2D eigenvalue weighted by molar-refractivity contribution is -0.349. The molecule has 4 aromatic rings. The second-order valence-electron chi connectivity index (χ2n) is 6.56. The van der Waals surface area contributed by atoms with Crippen molar-refractivity contribution >= 4 is 35.0 Å². The van der Waals surface area contributed by atoms with E-state index in [-0.39, 0.29) is 5.91 Å². The van der Waals surface area contributed by atoms with Crippen LogP contribution in [0.3, 0.4) is 0 Å². The molecule has 8 heteroatoms. The Morgan fingerprint density at radius 3 is 2.47 bits per heavy atom. The maximum Gasteiger partial charge on any atom is 0.255 e. The smallest absolute Gasteiger partial charge is 0.255 e. The molecule has 8 nitrogen and oxygen atoms in total. The van der Waals surface area contributed by atoms with Gasteiger partial charge in [-0.2, -0.15) is 9.47 Å². The van der Waals surface area contributed by atoms with Crippen LogP contribution >= 0.6 is 0 Å². The maximum atomic E-state index is 12.4. The van der Waals surface area contributed by atoms with Crippen molar-refractivity contribution in [3.8, 4) is 17.1 Å². The number of hydrogen-bond acceptors (Lipinski definition) is 5. The first-order valence-corrected chi connectivity index (χ1v) is 9.01. The van der Waals surface area contributed by atoms with Crippen molar-refractivity contribution < 1.29 is 19.5 Å². The number of anilines is 1. The van der Waals surface area contributed by atoms with Gasteiger partial charge in [0.2, 0.25) is 5.69 Å². The Morgan fingerprint density at radius 2 is 1.83 bits per heavy atom. The van der Waals surface area contributed by atoms with Gasteiger partial charge in [-0.3, -0.25) is 4.79 Å². The first kappa shape index (κ1) is 19.0. The number of carbonyl (C=O) groups excluding carboxylic acids is 1. The number of carbonyl (C=O) groups is 1. The Hall–Kier alpha value is -4.33. The minimum Gasteiger partial charge on any atom is -0.619 e. The Balaban J connectivity index is 1.56. The van der Waals surface area contributed by atoms with Crippen LogP contribution in [-0.4, -0.2) is 39.4 Å². The molecule has 150 valence electrons. The van der Waals surface area contributed by atoms with Crippen LogP contribution in [0.15, 0.2) is 66.7 Å². The third kappa shape index (κ3) is 3.53. The maximum absolute atomic E-state index is 12.4. The highest BCUT2D eigenvalue weighted by molar-refractivity contribution is 6.04. The molecule has 0 spiro atoms. The predicted molar refractivity (Wildman–Crippen MR) is 114 cm³/mol. The summed E-state index contributed by atoms with van der Waals surface area (Å²) >= 11 is 0. The largest absolute Gasteiger partial charge is 0.619 e. The zero-order valence-corrected chi connectivity index (χ0v) is 16.1. The number of hydrogen-bond donors (Lipinski definition) is 2. The van der Waals surface area contributed by atoms with E-state index >= 15 is 0 Å². The molecule has 2 N–H and O–H groups in total. The van der Waals surface area contributed by atoms with E-state index in [1.165, 1.54) is 6.07 Å². The number of fused-ring (bicyclic) bond motifs is 1. The van der Waals surface area contributed by atoms with Gasteiger partial charge in [-0.1, -0.05) is 0 Å². The Bertz CT molecular complexity index is 1240. The van der Waals surface area contributed by atoms with Gasteiger partial charge in [0.25, 0.3) is 5.91 Å². The summed E-state index contributed by atoms with van der Waals surface area (Å²) in [5.74, 6) is 0.743. The summed E-state index contributed by atoms with van der Waals surface area (Å²) in [4.78, 5) is 16.8. The number of rotatable bonds is 5. The third-order valence-corrected chi connectivity index (χ3v) is 4.66. The minimum atomic E-state index is -0.248. The van der Waals surface area contributed by atoms with E-state index in [4.69, 9.17) is 4.74 Å². The lowest BCUT2D eigenvalue weighted by Gasteiger charge is -2.07.